The lowest BCUT2D eigenvalue weighted by Gasteiger charge is -2.26. The van der Waals surface area contributed by atoms with Gasteiger partial charge in [0.2, 0.25) is 0 Å². The van der Waals surface area contributed by atoms with E-state index in [0.717, 1.165) is 31.7 Å². The van der Waals surface area contributed by atoms with Crippen LogP contribution in [0.5, 0.6) is 0 Å². The van der Waals surface area contributed by atoms with E-state index in [-0.39, 0.29) is 5.91 Å². The summed E-state index contributed by atoms with van der Waals surface area (Å²) < 4.78 is 0. The molecule has 4 nitrogen and oxygen atoms in total. The van der Waals surface area contributed by atoms with Crippen molar-refractivity contribution in [3.05, 3.63) is 49.2 Å². The number of pyridine rings is 1. The minimum absolute atomic E-state index is 0.00727. The van der Waals surface area contributed by atoms with Gasteiger partial charge in [-0.3, -0.25) is 4.79 Å². The topological polar surface area (TPSA) is 36.4 Å². The average Bonchev–Trinajstić information content (AvgIpc) is 2.83. The molecule has 0 aliphatic carbocycles. The Morgan fingerprint density at radius 2 is 1.82 bits per heavy atom. The van der Waals surface area contributed by atoms with E-state index in [2.05, 4.69) is 23.0 Å². The summed E-state index contributed by atoms with van der Waals surface area (Å²) in [6.07, 6.45) is 10.1. The van der Waals surface area contributed by atoms with Gasteiger partial charge in [-0.05, 0) is 25.0 Å². The molecule has 22 heavy (non-hydrogen) atoms. The predicted molar refractivity (Wildman–Crippen MR) is 91.2 cm³/mol. The summed E-state index contributed by atoms with van der Waals surface area (Å²) in [4.78, 5) is 21.3. The van der Waals surface area contributed by atoms with Crippen molar-refractivity contribution in [1.82, 2.24) is 9.88 Å². The SMILES string of the molecule is C=CCN(CC=C)C(=O)c1cccnc1N1CCCCCC1. The number of nitrogens with zero attached hydrogens (tertiary/aromatic N) is 3. The van der Waals surface area contributed by atoms with E-state index in [1.165, 1.54) is 12.8 Å². The summed E-state index contributed by atoms with van der Waals surface area (Å²) in [5, 5.41) is 0. The van der Waals surface area contributed by atoms with Crippen LogP contribution in [-0.4, -0.2) is 42.0 Å². The molecule has 1 aromatic heterocycles. The maximum absolute atomic E-state index is 12.8. The first-order valence-corrected chi connectivity index (χ1v) is 7.99. The molecule has 1 fully saturated rings. The molecule has 118 valence electrons. The third kappa shape index (κ3) is 3.97. The van der Waals surface area contributed by atoms with Crippen LogP contribution >= 0.6 is 0 Å². The summed E-state index contributed by atoms with van der Waals surface area (Å²) in [7, 11) is 0. The molecule has 0 unspecified atom stereocenters. The Labute approximate surface area is 133 Å². The van der Waals surface area contributed by atoms with Crippen molar-refractivity contribution >= 4 is 11.7 Å². The summed E-state index contributed by atoms with van der Waals surface area (Å²) >= 11 is 0. The normalized spacial score (nSPS) is 15.0. The average molecular weight is 299 g/mol. The molecule has 0 saturated carbocycles. The molecule has 1 aliphatic heterocycles. The van der Waals surface area contributed by atoms with Crippen LogP contribution in [0.2, 0.25) is 0 Å². The summed E-state index contributed by atoms with van der Waals surface area (Å²) in [6, 6.07) is 3.70. The zero-order chi connectivity index (χ0) is 15.8. The largest absolute Gasteiger partial charge is 0.356 e. The molecular formula is C18H25N3O. The fourth-order valence-corrected chi connectivity index (χ4v) is 2.82. The van der Waals surface area contributed by atoms with E-state index >= 15 is 0 Å². The maximum Gasteiger partial charge on any atom is 0.258 e. The molecule has 0 atom stereocenters. The molecule has 1 amide bonds. The first kappa shape index (κ1) is 16.3. The molecule has 0 bridgehead atoms. The minimum Gasteiger partial charge on any atom is -0.356 e. The number of aromatic nitrogens is 1. The molecule has 1 aliphatic rings. The zero-order valence-corrected chi connectivity index (χ0v) is 13.2. The summed E-state index contributed by atoms with van der Waals surface area (Å²) in [5.41, 5.74) is 0.674. The van der Waals surface area contributed by atoms with E-state index in [9.17, 15) is 4.79 Å². The van der Waals surface area contributed by atoms with E-state index in [1.54, 1.807) is 23.2 Å². The van der Waals surface area contributed by atoms with Crippen molar-refractivity contribution in [2.45, 2.75) is 25.7 Å². The van der Waals surface area contributed by atoms with Crippen LogP contribution in [-0.2, 0) is 0 Å². The first-order chi connectivity index (χ1) is 10.8. The zero-order valence-electron chi connectivity index (χ0n) is 13.2. The van der Waals surface area contributed by atoms with Crippen LogP contribution in [0.1, 0.15) is 36.0 Å². The number of anilines is 1. The van der Waals surface area contributed by atoms with Crippen molar-refractivity contribution in [3.8, 4) is 0 Å². The molecule has 1 saturated heterocycles. The predicted octanol–water partition coefficient (Wildman–Crippen LogP) is 3.28. The number of carbonyl (C=O) groups is 1. The second kappa shape index (κ2) is 8.37. The molecule has 2 heterocycles. The highest BCUT2D eigenvalue weighted by atomic mass is 16.2. The smallest absolute Gasteiger partial charge is 0.258 e. The lowest BCUT2D eigenvalue weighted by atomic mass is 10.2. The van der Waals surface area contributed by atoms with Crippen LogP contribution < -0.4 is 4.90 Å². The standard InChI is InChI=1S/C18H25N3O/c1-3-12-21(13-4-2)18(22)16-10-9-11-19-17(16)20-14-7-5-6-8-15-20/h3-4,9-11H,1-2,5-8,12-15H2. The molecule has 2 rings (SSSR count). The van der Waals surface area contributed by atoms with Gasteiger partial charge in [-0.15, -0.1) is 13.2 Å². The van der Waals surface area contributed by atoms with E-state index in [4.69, 9.17) is 0 Å². The van der Waals surface area contributed by atoms with Gasteiger partial charge >= 0.3 is 0 Å². The van der Waals surface area contributed by atoms with Gasteiger partial charge in [-0.25, -0.2) is 4.98 Å². The lowest BCUT2D eigenvalue weighted by Crippen LogP contribution is -2.34. The number of hydrogen-bond donors (Lipinski definition) is 0. The third-order valence-electron chi connectivity index (χ3n) is 3.91. The second-order valence-corrected chi connectivity index (χ2v) is 5.56. The minimum atomic E-state index is -0.00727. The van der Waals surface area contributed by atoms with Gasteiger partial charge in [0.05, 0.1) is 5.56 Å². The monoisotopic (exact) mass is 299 g/mol. The highest BCUT2D eigenvalue weighted by molar-refractivity contribution is 5.99. The highest BCUT2D eigenvalue weighted by Gasteiger charge is 2.22. The van der Waals surface area contributed by atoms with Crippen molar-refractivity contribution < 1.29 is 4.79 Å². The molecule has 0 aromatic carbocycles. The number of carbonyl (C=O) groups excluding carboxylic acids is 1. The summed E-state index contributed by atoms with van der Waals surface area (Å²) in [5.74, 6) is 0.805. The van der Waals surface area contributed by atoms with Crippen LogP contribution in [0.3, 0.4) is 0 Å². The van der Waals surface area contributed by atoms with Crippen molar-refractivity contribution in [3.63, 3.8) is 0 Å². The summed E-state index contributed by atoms with van der Waals surface area (Å²) in [6.45, 7) is 10.4. The van der Waals surface area contributed by atoms with Crippen molar-refractivity contribution in [1.29, 1.82) is 0 Å². The Morgan fingerprint density at radius 1 is 1.18 bits per heavy atom. The van der Waals surface area contributed by atoms with Gasteiger partial charge < -0.3 is 9.80 Å². The molecule has 0 N–H and O–H groups in total. The fourth-order valence-electron chi connectivity index (χ4n) is 2.82. The number of rotatable bonds is 6. The van der Waals surface area contributed by atoms with E-state index in [1.807, 2.05) is 12.1 Å². The molecular weight excluding hydrogens is 274 g/mol. The van der Waals surface area contributed by atoms with Gasteiger partial charge in [-0.1, -0.05) is 25.0 Å². The Hall–Kier alpha value is -2.10. The van der Waals surface area contributed by atoms with Gasteiger partial charge in [0, 0.05) is 32.4 Å². The van der Waals surface area contributed by atoms with Gasteiger partial charge in [-0.2, -0.15) is 0 Å². The van der Waals surface area contributed by atoms with Crippen molar-refractivity contribution in [2.75, 3.05) is 31.1 Å². The molecule has 4 heteroatoms. The quantitative estimate of drug-likeness (QED) is 0.756. The van der Waals surface area contributed by atoms with Crippen LogP contribution in [0.15, 0.2) is 43.6 Å². The molecule has 0 spiro atoms. The van der Waals surface area contributed by atoms with Crippen LogP contribution in [0, 0.1) is 0 Å². The number of amides is 1. The Balaban J connectivity index is 2.27. The maximum atomic E-state index is 12.8. The Kier molecular flexibility index (Phi) is 6.19. The molecule has 1 aromatic rings. The van der Waals surface area contributed by atoms with E-state index < -0.39 is 0 Å². The lowest BCUT2D eigenvalue weighted by molar-refractivity contribution is 0.0791. The highest BCUT2D eigenvalue weighted by Crippen LogP contribution is 2.22. The van der Waals surface area contributed by atoms with Crippen molar-refractivity contribution in [2.24, 2.45) is 0 Å². The molecule has 0 radical (unpaired) electrons. The van der Waals surface area contributed by atoms with E-state index in [0.29, 0.717) is 18.7 Å². The van der Waals surface area contributed by atoms with Gasteiger partial charge in [0.15, 0.2) is 0 Å². The Morgan fingerprint density at radius 3 is 2.41 bits per heavy atom. The Bertz CT molecular complexity index is 509. The van der Waals surface area contributed by atoms with Crippen LogP contribution in [0.25, 0.3) is 0 Å². The van der Waals surface area contributed by atoms with Crippen LogP contribution in [0.4, 0.5) is 5.82 Å². The first-order valence-electron chi connectivity index (χ1n) is 7.99. The fraction of sp³-hybridized carbons (Fsp3) is 0.444. The number of hydrogen-bond acceptors (Lipinski definition) is 3. The second-order valence-electron chi connectivity index (χ2n) is 5.56. The third-order valence-corrected chi connectivity index (χ3v) is 3.91. The van der Waals surface area contributed by atoms with Gasteiger partial charge in [0.25, 0.3) is 5.91 Å². The van der Waals surface area contributed by atoms with Gasteiger partial charge in [0.1, 0.15) is 5.82 Å².